The van der Waals surface area contributed by atoms with Gasteiger partial charge >= 0.3 is 0 Å². The Morgan fingerprint density at radius 2 is 1.72 bits per heavy atom. The van der Waals surface area contributed by atoms with E-state index >= 15 is 0 Å². The first-order valence-corrected chi connectivity index (χ1v) is 8.14. The van der Waals surface area contributed by atoms with Gasteiger partial charge < -0.3 is 10.4 Å². The lowest BCUT2D eigenvalue weighted by molar-refractivity contribution is 0.0847. The van der Waals surface area contributed by atoms with Gasteiger partial charge in [0, 0.05) is 12.0 Å². The summed E-state index contributed by atoms with van der Waals surface area (Å²) in [4.78, 5) is 12.5. The fraction of sp³-hybridized carbons (Fsp3) is 0.211. The zero-order chi connectivity index (χ0) is 17.6. The third-order valence-electron chi connectivity index (χ3n) is 4.03. The molecule has 25 heavy (non-hydrogen) atoms. The van der Waals surface area contributed by atoms with Crippen LogP contribution in [0.4, 0.5) is 0 Å². The molecule has 3 N–H and O–H groups in total. The predicted molar refractivity (Wildman–Crippen MR) is 94.9 cm³/mol. The van der Waals surface area contributed by atoms with Crippen molar-refractivity contribution in [3.8, 4) is 11.3 Å². The standard InChI is InChI=1S/C19H20N4O2/c1-13(16(24)12-14-8-4-2-5-9-14)20-19(25)18-17(21-23-22-18)15-10-6-3-7-11-15/h2-11,13,16,24H,12H2,1H3,(H,20,25)(H,21,22,23)/t13-,16-/m1/s1. The number of amides is 1. The molecule has 2 atom stereocenters. The Kier molecular flexibility index (Phi) is 5.20. The van der Waals surface area contributed by atoms with Gasteiger partial charge in [0.2, 0.25) is 0 Å². The van der Waals surface area contributed by atoms with E-state index in [9.17, 15) is 9.90 Å². The molecule has 0 aliphatic heterocycles. The van der Waals surface area contributed by atoms with E-state index in [0.29, 0.717) is 12.1 Å². The van der Waals surface area contributed by atoms with Gasteiger partial charge in [-0.3, -0.25) is 4.79 Å². The molecule has 6 nitrogen and oxygen atoms in total. The summed E-state index contributed by atoms with van der Waals surface area (Å²) in [6.07, 6.45) is -0.231. The molecule has 0 fully saturated rings. The minimum absolute atomic E-state index is 0.213. The largest absolute Gasteiger partial charge is 0.391 e. The van der Waals surface area contributed by atoms with Crippen LogP contribution in [0.25, 0.3) is 11.3 Å². The summed E-state index contributed by atoms with van der Waals surface area (Å²) in [6, 6.07) is 18.6. The van der Waals surface area contributed by atoms with E-state index in [1.165, 1.54) is 0 Å². The molecule has 0 spiro atoms. The molecule has 1 amide bonds. The number of aliphatic hydroxyl groups excluding tert-OH is 1. The predicted octanol–water partition coefficient (Wildman–Crippen LogP) is 2.19. The van der Waals surface area contributed by atoms with E-state index in [4.69, 9.17) is 0 Å². The minimum atomic E-state index is -0.696. The third-order valence-corrected chi connectivity index (χ3v) is 4.03. The SMILES string of the molecule is C[C@@H](NC(=O)c1n[nH]nc1-c1ccccc1)[C@H](O)Cc1ccccc1. The Morgan fingerprint density at radius 3 is 2.40 bits per heavy atom. The number of nitrogens with zero attached hydrogens (tertiary/aromatic N) is 2. The topological polar surface area (TPSA) is 90.9 Å². The first-order chi connectivity index (χ1) is 12.1. The second kappa shape index (κ2) is 7.72. The third kappa shape index (κ3) is 4.10. The lowest BCUT2D eigenvalue weighted by atomic mass is 10.0. The number of rotatable bonds is 6. The van der Waals surface area contributed by atoms with Gasteiger partial charge in [0.25, 0.3) is 5.91 Å². The monoisotopic (exact) mass is 336 g/mol. The highest BCUT2D eigenvalue weighted by atomic mass is 16.3. The Balaban J connectivity index is 1.67. The van der Waals surface area contributed by atoms with Crippen LogP contribution in [0, 0.1) is 0 Å². The van der Waals surface area contributed by atoms with Crippen LogP contribution in [0.3, 0.4) is 0 Å². The van der Waals surface area contributed by atoms with E-state index in [1.807, 2.05) is 60.7 Å². The summed E-state index contributed by atoms with van der Waals surface area (Å²) in [5.74, 6) is -0.368. The Bertz CT molecular complexity index is 818. The maximum absolute atomic E-state index is 12.5. The molecule has 6 heteroatoms. The van der Waals surface area contributed by atoms with Crippen molar-refractivity contribution in [2.75, 3.05) is 0 Å². The highest BCUT2D eigenvalue weighted by Gasteiger charge is 2.22. The minimum Gasteiger partial charge on any atom is -0.391 e. The molecule has 3 aromatic rings. The summed E-state index contributed by atoms with van der Waals surface area (Å²) in [6.45, 7) is 1.77. The lowest BCUT2D eigenvalue weighted by Gasteiger charge is -2.20. The number of carbonyl (C=O) groups is 1. The molecule has 1 aromatic heterocycles. The number of aromatic nitrogens is 3. The molecule has 0 unspecified atom stereocenters. The zero-order valence-corrected chi connectivity index (χ0v) is 13.9. The van der Waals surface area contributed by atoms with Crippen LogP contribution < -0.4 is 5.32 Å². The number of hydrogen-bond acceptors (Lipinski definition) is 4. The molecule has 3 rings (SSSR count). The normalized spacial score (nSPS) is 13.2. The van der Waals surface area contributed by atoms with Crippen LogP contribution in [0.1, 0.15) is 23.0 Å². The maximum Gasteiger partial charge on any atom is 0.274 e. The van der Waals surface area contributed by atoms with Crippen molar-refractivity contribution in [1.82, 2.24) is 20.7 Å². The molecule has 0 aliphatic rings. The number of hydrogen-bond donors (Lipinski definition) is 3. The number of carbonyl (C=O) groups excluding carboxylic acids is 1. The van der Waals surface area contributed by atoms with Crippen LogP contribution in [-0.4, -0.2) is 38.6 Å². The number of nitrogens with one attached hydrogen (secondary N) is 2. The van der Waals surface area contributed by atoms with Gasteiger partial charge in [-0.25, -0.2) is 0 Å². The highest BCUT2D eigenvalue weighted by Crippen LogP contribution is 2.19. The van der Waals surface area contributed by atoms with Gasteiger partial charge in [-0.1, -0.05) is 60.7 Å². The molecule has 0 saturated carbocycles. The van der Waals surface area contributed by atoms with Crippen molar-refractivity contribution in [3.63, 3.8) is 0 Å². The Hall–Kier alpha value is -2.99. The van der Waals surface area contributed by atoms with Gasteiger partial charge in [0.05, 0.1) is 12.1 Å². The van der Waals surface area contributed by atoms with Crippen molar-refractivity contribution >= 4 is 5.91 Å². The Morgan fingerprint density at radius 1 is 1.08 bits per heavy atom. The molecular formula is C19H20N4O2. The van der Waals surface area contributed by atoms with Gasteiger partial charge in [0.1, 0.15) is 5.69 Å². The molecule has 128 valence electrons. The van der Waals surface area contributed by atoms with Crippen LogP contribution in [0.15, 0.2) is 60.7 Å². The summed E-state index contributed by atoms with van der Waals surface area (Å²) in [5, 5.41) is 23.7. The molecule has 0 radical (unpaired) electrons. The van der Waals surface area contributed by atoms with Crippen LogP contribution in [-0.2, 0) is 6.42 Å². The molecule has 1 heterocycles. The second-order valence-corrected chi connectivity index (χ2v) is 5.91. The van der Waals surface area contributed by atoms with E-state index in [0.717, 1.165) is 11.1 Å². The van der Waals surface area contributed by atoms with Crippen molar-refractivity contribution in [3.05, 3.63) is 71.9 Å². The number of aromatic amines is 1. The van der Waals surface area contributed by atoms with Crippen molar-refractivity contribution < 1.29 is 9.90 Å². The first-order valence-electron chi connectivity index (χ1n) is 8.14. The fourth-order valence-corrected chi connectivity index (χ4v) is 2.59. The van der Waals surface area contributed by atoms with Gasteiger partial charge in [0.15, 0.2) is 5.69 Å². The van der Waals surface area contributed by atoms with E-state index in [2.05, 4.69) is 20.7 Å². The maximum atomic E-state index is 12.5. The molecule has 0 bridgehead atoms. The average Bonchev–Trinajstić information content (AvgIpc) is 3.13. The quantitative estimate of drug-likeness (QED) is 0.643. The van der Waals surface area contributed by atoms with Gasteiger partial charge in [-0.15, -0.1) is 0 Å². The average molecular weight is 336 g/mol. The summed E-state index contributed by atoms with van der Waals surface area (Å²) >= 11 is 0. The van der Waals surface area contributed by atoms with E-state index in [-0.39, 0.29) is 11.6 Å². The molecular weight excluding hydrogens is 316 g/mol. The zero-order valence-electron chi connectivity index (χ0n) is 13.9. The van der Waals surface area contributed by atoms with Crippen molar-refractivity contribution in [2.24, 2.45) is 0 Å². The first kappa shape index (κ1) is 16.9. The molecule has 2 aromatic carbocycles. The van der Waals surface area contributed by atoms with Crippen molar-refractivity contribution in [2.45, 2.75) is 25.5 Å². The fourth-order valence-electron chi connectivity index (χ4n) is 2.59. The highest BCUT2D eigenvalue weighted by molar-refractivity contribution is 5.98. The summed E-state index contributed by atoms with van der Waals surface area (Å²) in [5.41, 5.74) is 2.52. The Labute approximate surface area is 145 Å². The van der Waals surface area contributed by atoms with Gasteiger partial charge in [-0.2, -0.15) is 15.4 Å². The molecule has 0 aliphatic carbocycles. The smallest absolute Gasteiger partial charge is 0.274 e. The van der Waals surface area contributed by atoms with Crippen LogP contribution >= 0.6 is 0 Å². The number of H-pyrrole nitrogens is 1. The number of benzene rings is 2. The number of aliphatic hydroxyl groups is 1. The van der Waals surface area contributed by atoms with E-state index in [1.54, 1.807) is 6.92 Å². The van der Waals surface area contributed by atoms with E-state index < -0.39 is 12.1 Å². The summed E-state index contributed by atoms with van der Waals surface area (Å²) in [7, 11) is 0. The molecule has 0 saturated heterocycles. The van der Waals surface area contributed by atoms with Crippen LogP contribution in [0.5, 0.6) is 0 Å². The van der Waals surface area contributed by atoms with Crippen LogP contribution in [0.2, 0.25) is 0 Å². The van der Waals surface area contributed by atoms with Gasteiger partial charge in [-0.05, 0) is 12.5 Å². The lowest BCUT2D eigenvalue weighted by Crippen LogP contribution is -2.42. The van der Waals surface area contributed by atoms with Crippen molar-refractivity contribution in [1.29, 1.82) is 0 Å². The second-order valence-electron chi connectivity index (χ2n) is 5.91. The summed E-state index contributed by atoms with van der Waals surface area (Å²) < 4.78 is 0.